The zero-order chi connectivity index (χ0) is 16.8. The third kappa shape index (κ3) is 4.20. The van der Waals surface area contributed by atoms with Crippen LogP contribution in [0.1, 0.15) is 22.5 Å². The van der Waals surface area contributed by atoms with E-state index in [-0.39, 0.29) is 5.91 Å². The summed E-state index contributed by atoms with van der Waals surface area (Å²) in [5, 5.41) is 7.74. The van der Waals surface area contributed by atoms with Crippen molar-refractivity contribution in [2.45, 2.75) is 12.8 Å². The molecule has 0 spiro atoms. The topological polar surface area (TPSA) is 59.8 Å². The highest BCUT2D eigenvalue weighted by atomic mass is 35.5. The van der Waals surface area contributed by atoms with Crippen molar-refractivity contribution in [3.05, 3.63) is 77.3 Å². The minimum atomic E-state index is -0.135. The lowest BCUT2D eigenvalue weighted by molar-refractivity contribution is 0.0953. The molecule has 0 unspecified atom stereocenters. The molecule has 0 saturated heterocycles. The van der Waals surface area contributed by atoms with Crippen LogP contribution in [-0.4, -0.2) is 27.2 Å². The van der Waals surface area contributed by atoms with Gasteiger partial charge in [0.25, 0.3) is 5.91 Å². The number of hydrogen-bond acceptors (Lipinski definition) is 3. The molecule has 24 heavy (non-hydrogen) atoms. The number of nitrogens with one attached hydrogen (secondary N) is 1. The second-order valence-electron chi connectivity index (χ2n) is 5.33. The normalized spacial score (nSPS) is 10.5. The molecule has 0 aliphatic heterocycles. The summed E-state index contributed by atoms with van der Waals surface area (Å²) in [4.78, 5) is 16.4. The number of pyridine rings is 1. The van der Waals surface area contributed by atoms with Crippen LogP contribution >= 0.6 is 11.6 Å². The Balaban J connectivity index is 1.52. The van der Waals surface area contributed by atoms with Crippen LogP contribution in [0.3, 0.4) is 0 Å². The lowest BCUT2D eigenvalue weighted by Gasteiger charge is -2.03. The van der Waals surface area contributed by atoms with Gasteiger partial charge in [-0.05, 0) is 43.2 Å². The highest BCUT2D eigenvalue weighted by molar-refractivity contribution is 6.30. The van der Waals surface area contributed by atoms with Crippen molar-refractivity contribution < 1.29 is 4.79 Å². The van der Waals surface area contributed by atoms with E-state index in [1.807, 2.05) is 30.3 Å². The Hall–Kier alpha value is -2.66. The summed E-state index contributed by atoms with van der Waals surface area (Å²) in [6.07, 6.45) is 6.70. The van der Waals surface area contributed by atoms with Crippen LogP contribution in [-0.2, 0) is 6.42 Å². The number of rotatable bonds is 6. The molecule has 3 rings (SSSR count). The van der Waals surface area contributed by atoms with Gasteiger partial charge in [-0.2, -0.15) is 5.10 Å². The maximum Gasteiger partial charge on any atom is 0.254 e. The molecule has 0 bridgehead atoms. The number of amides is 1. The minimum absolute atomic E-state index is 0.135. The summed E-state index contributed by atoms with van der Waals surface area (Å²) in [7, 11) is 0. The first-order chi connectivity index (χ1) is 11.7. The fourth-order valence-electron chi connectivity index (χ4n) is 2.32. The Kier molecular flexibility index (Phi) is 5.23. The molecular formula is C18H17ClN4O. The summed E-state index contributed by atoms with van der Waals surface area (Å²) in [6, 6.07) is 13.2. The van der Waals surface area contributed by atoms with E-state index in [0.717, 1.165) is 24.2 Å². The lowest BCUT2D eigenvalue weighted by Crippen LogP contribution is -2.24. The van der Waals surface area contributed by atoms with Crippen molar-refractivity contribution in [1.82, 2.24) is 20.1 Å². The SMILES string of the molecule is O=C(NCCCc1ccccn1)c1cnn(-c2cccc(Cl)c2)c1. The Morgan fingerprint density at radius 1 is 1.21 bits per heavy atom. The number of aryl methyl sites for hydroxylation is 1. The van der Waals surface area contributed by atoms with E-state index in [0.29, 0.717) is 17.1 Å². The van der Waals surface area contributed by atoms with Gasteiger partial charge in [0.05, 0.1) is 17.4 Å². The fraction of sp³-hybridized carbons (Fsp3) is 0.167. The van der Waals surface area contributed by atoms with Crippen LogP contribution in [0.25, 0.3) is 5.69 Å². The molecule has 0 aliphatic carbocycles. The van der Waals surface area contributed by atoms with Crippen molar-refractivity contribution >= 4 is 17.5 Å². The van der Waals surface area contributed by atoms with Crippen molar-refractivity contribution in [1.29, 1.82) is 0 Å². The number of carbonyl (C=O) groups excluding carboxylic acids is 1. The highest BCUT2D eigenvalue weighted by Crippen LogP contribution is 2.14. The highest BCUT2D eigenvalue weighted by Gasteiger charge is 2.09. The van der Waals surface area contributed by atoms with E-state index in [1.54, 1.807) is 35.4 Å². The maximum absolute atomic E-state index is 12.2. The molecule has 2 heterocycles. The van der Waals surface area contributed by atoms with E-state index in [1.165, 1.54) is 0 Å². The molecule has 0 aliphatic rings. The molecule has 3 aromatic rings. The van der Waals surface area contributed by atoms with Crippen molar-refractivity contribution in [2.75, 3.05) is 6.54 Å². The molecule has 122 valence electrons. The zero-order valence-electron chi connectivity index (χ0n) is 13.0. The van der Waals surface area contributed by atoms with Crippen LogP contribution < -0.4 is 5.32 Å². The largest absolute Gasteiger partial charge is 0.352 e. The monoisotopic (exact) mass is 340 g/mol. The summed E-state index contributed by atoms with van der Waals surface area (Å²) in [5.41, 5.74) is 2.37. The molecule has 1 aromatic carbocycles. The summed E-state index contributed by atoms with van der Waals surface area (Å²) < 4.78 is 1.63. The number of aromatic nitrogens is 3. The van der Waals surface area contributed by atoms with Gasteiger partial charge in [-0.25, -0.2) is 4.68 Å². The standard InChI is InChI=1S/C18H17ClN4O/c19-15-5-3-8-17(11-15)23-13-14(12-22-23)18(24)21-10-4-7-16-6-1-2-9-20-16/h1-3,5-6,8-9,11-13H,4,7,10H2,(H,21,24). The van der Waals surface area contributed by atoms with Crippen molar-refractivity contribution in [3.8, 4) is 5.69 Å². The quantitative estimate of drug-likeness (QED) is 0.700. The minimum Gasteiger partial charge on any atom is -0.352 e. The van der Waals surface area contributed by atoms with Crippen LogP contribution in [0.15, 0.2) is 61.1 Å². The number of benzene rings is 1. The molecule has 0 fully saturated rings. The second kappa shape index (κ2) is 7.75. The van der Waals surface area contributed by atoms with Crippen LogP contribution in [0.5, 0.6) is 0 Å². The average molecular weight is 341 g/mol. The van der Waals surface area contributed by atoms with Gasteiger partial charge in [0.1, 0.15) is 0 Å². The van der Waals surface area contributed by atoms with Gasteiger partial charge in [-0.15, -0.1) is 0 Å². The Morgan fingerprint density at radius 2 is 2.12 bits per heavy atom. The van der Waals surface area contributed by atoms with E-state index < -0.39 is 0 Å². The van der Waals surface area contributed by atoms with Gasteiger partial charge in [-0.1, -0.05) is 23.7 Å². The van der Waals surface area contributed by atoms with E-state index >= 15 is 0 Å². The first kappa shape index (κ1) is 16.2. The first-order valence-corrected chi connectivity index (χ1v) is 8.09. The molecule has 0 atom stereocenters. The van der Waals surface area contributed by atoms with Gasteiger partial charge in [0.2, 0.25) is 0 Å². The van der Waals surface area contributed by atoms with Gasteiger partial charge in [-0.3, -0.25) is 9.78 Å². The second-order valence-corrected chi connectivity index (χ2v) is 5.77. The molecule has 6 heteroatoms. The zero-order valence-corrected chi connectivity index (χ0v) is 13.8. The lowest BCUT2D eigenvalue weighted by atomic mass is 10.2. The van der Waals surface area contributed by atoms with Gasteiger partial charge in [0.15, 0.2) is 0 Å². The van der Waals surface area contributed by atoms with Gasteiger partial charge >= 0.3 is 0 Å². The van der Waals surface area contributed by atoms with Gasteiger partial charge < -0.3 is 5.32 Å². The van der Waals surface area contributed by atoms with E-state index in [4.69, 9.17) is 11.6 Å². The summed E-state index contributed by atoms with van der Waals surface area (Å²) >= 11 is 5.97. The van der Waals surface area contributed by atoms with Crippen molar-refractivity contribution in [3.63, 3.8) is 0 Å². The van der Waals surface area contributed by atoms with E-state index in [9.17, 15) is 4.79 Å². The number of carbonyl (C=O) groups is 1. The predicted octanol–water partition coefficient (Wildman–Crippen LogP) is 3.28. The Bertz CT molecular complexity index is 817. The number of halogens is 1. The summed E-state index contributed by atoms with van der Waals surface area (Å²) in [6.45, 7) is 0.595. The fourth-order valence-corrected chi connectivity index (χ4v) is 2.50. The average Bonchev–Trinajstić information content (AvgIpc) is 3.10. The molecule has 0 radical (unpaired) electrons. The predicted molar refractivity (Wildman–Crippen MR) is 93.5 cm³/mol. The molecule has 0 saturated carbocycles. The molecule has 5 nitrogen and oxygen atoms in total. The third-order valence-corrected chi connectivity index (χ3v) is 3.77. The van der Waals surface area contributed by atoms with Gasteiger partial charge in [0, 0.05) is 29.7 Å². The first-order valence-electron chi connectivity index (χ1n) is 7.71. The number of nitrogens with zero attached hydrogens (tertiary/aromatic N) is 3. The molecule has 2 aromatic heterocycles. The Labute approximate surface area is 145 Å². The van der Waals surface area contributed by atoms with Crippen LogP contribution in [0, 0.1) is 0 Å². The third-order valence-electron chi connectivity index (χ3n) is 3.54. The van der Waals surface area contributed by atoms with E-state index in [2.05, 4.69) is 15.4 Å². The smallest absolute Gasteiger partial charge is 0.254 e. The number of hydrogen-bond donors (Lipinski definition) is 1. The summed E-state index contributed by atoms with van der Waals surface area (Å²) in [5.74, 6) is -0.135. The molecule has 1 N–H and O–H groups in total. The van der Waals surface area contributed by atoms with Crippen LogP contribution in [0.2, 0.25) is 5.02 Å². The Morgan fingerprint density at radius 3 is 2.92 bits per heavy atom. The van der Waals surface area contributed by atoms with Crippen LogP contribution in [0.4, 0.5) is 0 Å². The molecule has 1 amide bonds. The van der Waals surface area contributed by atoms with Crippen molar-refractivity contribution in [2.24, 2.45) is 0 Å². The maximum atomic E-state index is 12.2. The molecular weight excluding hydrogens is 324 g/mol.